The molecule has 0 heterocycles. The normalized spacial score (nSPS) is 21.6. The van der Waals surface area contributed by atoms with Crippen LogP contribution >= 0.6 is 0 Å². The Labute approximate surface area is 64.4 Å². The van der Waals surface area contributed by atoms with Gasteiger partial charge in [0.15, 0.2) is 0 Å². The van der Waals surface area contributed by atoms with Gasteiger partial charge in [-0.2, -0.15) is 0 Å². The average molecular weight is 141 g/mol. The molecule has 0 bridgehead atoms. The van der Waals surface area contributed by atoms with E-state index in [2.05, 4.69) is 25.9 Å². The second-order valence-electron chi connectivity index (χ2n) is 3.66. The molecular formula is C9H19N. The highest BCUT2D eigenvalue weighted by Gasteiger charge is 2.31. The van der Waals surface area contributed by atoms with Crippen molar-refractivity contribution >= 4 is 0 Å². The van der Waals surface area contributed by atoms with Crippen LogP contribution in [0.1, 0.15) is 32.6 Å². The summed E-state index contributed by atoms with van der Waals surface area (Å²) < 4.78 is 0. The fourth-order valence-electron chi connectivity index (χ4n) is 1.69. The molecule has 1 nitrogen and oxygen atoms in total. The van der Waals surface area contributed by atoms with E-state index in [0.29, 0.717) is 0 Å². The first-order valence-corrected chi connectivity index (χ1v) is 4.42. The van der Waals surface area contributed by atoms with Crippen molar-refractivity contribution in [1.82, 2.24) is 4.90 Å². The predicted octanol–water partition coefficient (Wildman–Crippen LogP) is 2.13. The second-order valence-corrected chi connectivity index (χ2v) is 3.66. The summed E-state index contributed by atoms with van der Waals surface area (Å²) in [5.41, 5.74) is 0. The molecule has 0 aliphatic heterocycles. The lowest BCUT2D eigenvalue weighted by Gasteiger charge is -2.23. The number of rotatable bonds is 4. The third kappa shape index (κ3) is 1.98. The Morgan fingerprint density at radius 3 is 2.30 bits per heavy atom. The molecule has 0 spiro atoms. The number of hydrogen-bond donors (Lipinski definition) is 0. The molecule has 0 N–H and O–H groups in total. The maximum Gasteiger partial charge on any atom is 0.0117 e. The van der Waals surface area contributed by atoms with Gasteiger partial charge in [0.25, 0.3) is 0 Å². The Morgan fingerprint density at radius 1 is 1.40 bits per heavy atom. The molecule has 10 heavy (non-hydrogen) atoms. The maximum absolute atomic E-state index is 2.39. The molecule has 1 atom stereocenters. The van der Waals surface area contributed by atoms with Crippen molar-refractivity contribution in [2.75, 3.05) is 14.1 Å². The van der Waals surface area contributed by atoms with E-state index < -0.39 is 0 Å². The first kappa shape index (κ1) is 8.06. The second kappa shape index (κ2) is 3.38. The van der Waals surface area contributed by atoms with Crippen LogP contribution in [-0.2, 0) is 0 Å². The minimum Gasteiger partial charge on any atom is -0.306 e. The van der Waals surface area contributed by atoms with Gasteiger partial charge in [-0.1, -0.05) is 13.3 Å². The van der Waals surface area contributed by atoms with Gasteiger partial charge in [-0.15, -0.1) is 0 Å². The summed E-state index contributed by atoms with van der Waals surface area (Å²) in [4.78, 5) is 2.39. The van der Waals surface area contributed by atoms with Crippen LogP contribution in [0.25, 0.3) is 0 Å². The zero-order chi connectivity index (χ0) is 7.56. The Hall–Kier alpha value is -0.0400. The van der Waals surface area contributed by atoms with Gasteiger partial charge >= 0.3 is 0 Å². The molecule has 0 radical (unpaired) electrons. The van der Waals surface area contributed by atoms with E-state index in [0.717, 1.165) is 12.0 Å². The lowest BCUT2D eigenvalue weighted by Crippen LogP contribution is -2.29. The van der Waals surface area contributed by atoms with Gasteiger partial charge < -0.3 is 4.90 Å². The summed E-state index contributed by atoms with van der Waals surface area (Å²) in [6.07, 6.45) is 5.67. The van der Waals surface area contributed by atoms with Crippen molar-refractivity contribution in [3.05, 3.63) is 0 Å². The standard InChI is InChI=1S/C9H19N/c1-4-5-9(10(2)3)8-6-7-8/h8-9H,4-7H2,1-3H3. The van der Waals surface area contributed by atoms with Gasteiger partial charge in [0.1, 0.15) is 0 Å². The third-order valence-electron chi connectivity index (χ3n) is 2.41. The van der Waals surface area contributed by atoms with Crippen LogP contribution in [0.3, 0.4) is 0 Å². The molecule has 0 aromatic carbocycles. The van der Waals surface area contributed by atoms with Crippen molar-refractivity contribution in [3.63, 3.8) is 0 Å². The monoisotopic (exact) mass is 141 g/mol. The lowest BCUT2D eigenvalue weighted by atomic mass is 10.1. The highest BCUT2D eigenvalue weighted by atomic mass is 15.1. The quantitative estimate of drug-likeness (QED) is 0.579. The van der Waals surface area contributed by atoms with Crippen LogP contribution in [0.4, 0.5) is 0 Å². The van der Waals surface area contributed by atoms with E-state index in [-0.39, 0.29) is 0 Å². The molecule has 60 valence electrons. The first-order valence-electron chi connectivity index (χ1n) is 4.42. The topological polar surface area (TPSA) is 3.24 Å². The van der Waals surface area contributed by atoms with E-state index in [1.807, 2.05) is 0 Å². The predicted molar refractivity (Wildman–Crippen MR) is 45.1 cm³/mol. The SMILES string of the molecule is CCCC(C1CC1)N(C)C. The highest BCUT2D eigenvalue weighted by Crippen LogP contribution is 2.36. The van der Waals surface area contributed by atoms with Gasteiger partial charge in [-0.05, 0) is 39.3 Å². The zero-order valence-electron chi connectivity index (χ0n) is 7.43. The van der Waals surface area contributed by atoms with E-state index >= 15 is 0 Å². The molecule has 0 saturated heterocycles. The van der Waals surface area contributed by atoms with Crippen molar-refractivity contribution in [3.8, 4) is 0 Å². The van der Waals surface area contributed by atoms with E-state index in [1.54, 1.807) is 0 Å². The average Bonchev–Trinajstić information content (AvgIpc) is 2.63. The van der Waals surface area contributed by atoms with E-state index in [4.69, 9.17) is 0 Å². The summed E-state index contributed by atoms with van der Waals surface area (Å²) in [6.45, 7) is 2.28. The number of nitrogens with zero attached hydrogens (tertiary/aromatic N) is 1. The summed E-state index contributed by atoms with van der Waals surface area (Å²) in [6, 6.07) is 0.880. The fourth-order valence-corrected chi connectivity index (χ4v) is 1.69. The molecule has 1 aliphatic carbocycles. The van der Waals surface area contributed by atoms with Crippen LogP contribution in [0.5, 0.6) is 0 Å². The van der Waals surface area contributed by atoms with Gasteiger partial charge in [-0.3, -0.25) is 0 Å². The van der Waals surface area contributed by atoms with Crippen LogP contribution in [0.15, 0.2) is 0 Å². The molecular weight excluding hydrogens is 122 g/mol. The van der Waals surface area contributed by atoms with Gasteiger partial charge in [-0.25, -0.2) is 0 Å². The smallest absolute Gasteiger partial charge is 0.0117 e. The summed E-state index contributed by atoms with van der Waals surface area (Å²) in [5, 5.41) is 0. The molecule has 0 aromatic heterocycles. The van der Waals surface area contributed by atoms with E-state index in [9.17, 15) is 0 Å². The van der Waals surface area contributed by atoms with Gasteiger partial charge in [0, 0.05) is 6.04 Å². The van der Waals surface area contributed by atoms with Crippen molar-refractivity contribution < 1.29 is 0 Å². The summed E-state index contributed by atoms with van der Waals surface area (Å²) in [5.74, 6) is 1.04. The highest BCUT2D eigenvalue weighted by molar-refractivity contribution is 4.85. The molecule has 1 unspecified atom stereocenters. The molecule has 1 rings (SSSR count). The molecule has 1 fully saturated rings. The number of hydrogen-bond acceptors (Lipinski definition) is 1. The van der Waals surface area contributed by atoms with Crippen molar-refractivity contribution in [2.24, 2.45) is 5.92 Å². The van der Waals surface area contributed by atoms with Crippen LogP contribution in [0, 0.1) is 5.92 Å². The Bertz CT molecular complexity index is 92.9. The maximum atomic E-state index is 2.39. The summed E-state index contributed by atoms with van der Waals surface area (Å²) >= 11 is 0. The Balaban J connectivity index is 2.26. The molecule has 1 saturated carbocycles. The minimum atomic E-state index is 0.880. The van der Waals surface area contributed by atoms with Gasteiger partial charge in [0.05, 0.1) is 0 Å². The molecule has 0 amide bonds. The molecule has 1 aliphatic rings. The lowest BCUT2D eigenvalue weighted by molar-refractivity contribution is 0.248. The molecule has 1 heteroatoms. The van der Waals surface area contributed by atoms with Gasteiger partial charge in [0.2, 0.25) is 0 Å². The minimum absolute atomic E-state index is 0.880. The first-order chi connectivity index (χ1) is 4.75. The van der Waals surface area contributed by atoms with Crippen molar-refractivity contribution in [1.29, 1.82) is 0 Å². The van der Waals surface area contributed by atoms with Crippen molar-refractivity contribution in [2.45, 2.75) is 38.6 Å². The zero-order valence-corrected chi connectivity index (χ0v) is 7.43. The Kier molecular flexibility index (Phi) is 2.72. The van der Waals surface area contributed by atoms with Crippen LogP contribution < -0.4 is 0 Å². The van der Waals surface area contributed by atoms with E-state index in [1.165, 1.54) is 25.7 Å². The fraction of sp³-hybridized carbons (Fsp3) is 1.00. The van der Waals surface area contributed by atoms with Crippen LogP contribution in [0.2, 0.25) is 0 Å². The molecule has 0 aromatic rings. The third-order valence-corrected chi connectivity index (χ3v) is 2.41. The van der Waals surface area contributed by atoms with Crippen LogP contribution in [-0.4, -0.2) is 25.0 Å². The largest absolute Gasteiger partial charge is 0.306 e. The Morgan fingerprint density at radius 2 is 2.00 bits per heavy atom. The summed E-state index contributed by atoms with van der Waals surface area (Å²) in [7, 11) is 4.41.